The van der Waals surface area contributed by atoms with Crippen LogP contribution in [-0.2, 0) is 9.47 Å². The lowest BCUT2D eigenvalue weighted by atomic mass is 9.94. The summed E-state index contributed by atoms with van der Waals surface area (Å²) in [5.74, 6) is 0.221. The number of hydrogen-bond donors (Lipinski definition) is 1. The Bertz CT molecular complexity index is 148. The second kappa shape index (κ2) is 2.73. The summed E-state index contributed by atoms with van der Waals surface area (Å²) in [6.45, 7) is 2.67. The summed E-state index contributed by atoms with van der Waals surface area (Å²) >= 11 is 0. The fraction of sp³-hybridized carbons (Fsp3) is 1.00. The van der Waals surface area contributed by atoms with Crippen molar-refractivity contribution in [2.75, 3.05) is 6.61 Å². The predicted octanol–water partition coefficient (Wildman–Crippen LogP) is 0.519. The third-order valence-corrected chi connectivity index (χ3v) is 2.58. The Hall–Kier alpha value is -0.120. The zero-order valence-corrected chi connectivity index (χ0v) is 6.69. The smallest absolute Gasteiger partial charge is 0.163 e. The van der Waals surface area contributed by atoms with E-state index >= 15 is 0 Å². The lowest BCUT2D eigenvalue weighted by Gasteiger charge is -2.25. The molecule has 4 atom stereocenters. The SMILES string of the molecule is C[C@H]1O[C@H]2OCCC[C@H]2[C@H]1O. The van der Waals surface area contributed by atoms with Crippen LogP contribution in [0.25, 0.3) is 0 Å². The van der Waals surface area contributed by atoms with E-state index in [2.05, 4.69) is 0 Å². The molecular formula is C8H14O3. The number of aliphatic hydroxyl groups excluding tert-OH is 1. The highest BCUT2D eigenvalue weighted by Gasteiger charge is 2.43. The highest BCUT2D eigenvalue weighted by Crippen LogP contribution is 2.33. The molecule has 0 aromatic rings. The molecule has 0 aromatic heterocycles. The minimum absolute atomic E-state index is 0.0527. The highest BCUT2D eigenvalue weighted by molar-refractivity contribution is 4.85. The Balaban J connectivity index is 2.05. The van der Waals surface area contributed by atoms with Crippen molar-refractivity contribution in [3.05, 3.63) is 0 Å². The molecule has 1 N–H and O–H groups in total. The summed E-state index contributed by atoms with van der Waals surface area (Å²) in [5.41, 5.74) is 0. The Morgan fingerprint density at radius 3 is 3.00 bits per heavy atom. The Kier molecular flexibility index (Phi) is 1.87. The van der Waals surface area contributed by atoms with Crippen LogP contribution in [0, 0.1) is 5.92 Å². The van der Waals surface area contributed by atoms with E-state index < -0.39 is 0 Å². The maximum absolute atomic E-state index is 9.59. The average molecular weight is 158 g/mol. The van der Waals surface area contributed by atoms with Crippen molar-refractivity contribution < 1.29 is 14.6 Å². The first-order valence-corrected chi connectivity index (χ1v) is 4.24. The van der Waals surface area contributed by atoms with Crippen LogP contribution in [0.4, 0.5) is 0 Å². The molecule has 2 fully saturated rings. The van der Waals surface area contributed by atoms with E-state index in [1.54, 1.807) is 0 Å². The summed E-state index contributed by atoms with van der Waals surface area (Å²) in [7, 11) is 0. The standard InChI is InChI=1S/C8H14O3/c1-5-7(9)6-3-2-4-10-8(6)11-5/h5-9H,2-4H2,1H3/t5-,6+,7+,8-/m1/s1. The first-order chi connectivity index (χ1) is 5.29. The van der Waals surface area contributed by atoms with Crippen molar-refractivity contribution in [3.63, 3.8) is 0 Å². The first kappa shape index (κ1) is 7.53. The molecule has 0 unspecified atom stereocenters. The molecule has 0 amide bonds. The molecule has 2 saturated heterocycles. The Morgan fingerprint density at radius 1 is 1.45 bits per heavy atom. The Morgan fingerprint density at radius 2 is 2.27 bits per heavy atom. The fourth-order valence-corrected chi connectivity index (χ4v) is 1.89. The van der Waals surface area contributed by atoms with Crippen molar-refractivity contribution >= 4 is 0 Å². The predicted molar refractivity (Wildman–Crippen MR) is 39.0 cm³/mol. The zero-order chi connectivity index (χ0) is 7.84. The monoisotopic (exact) mass is 158 g/mol. The second-order valence-corrected chi connectivity index (χ2v) is 3.38. The van der Waals surface area contributed by atoms with Crippen LogP contribution in [0.1, 0.15) is 19.8 Å². The number of ether oxygens (including phenoxy) is 2. The summed E-state index contributed by atoms with van der Waals surface area (Å²) in [6.07, 6.45) is 1.59. The number of aliphatic hydroxyl groups is 1. The van der Waals surface area contributed by atoms with Gasteiger partial charge in [-0.1, -0.05) is 0 Å². The molecule has 0 bridgehead atoms. The number of hydrogen-bond acceptors (Lipinski definition) is 3. The van der Waals surface area contributed by atoms with Gasteiger partial charge in [0.2, 0.25) is 0 Å². The number of rotatable bonds is 0. The van der Waals surface area contributed by atoms with Gasteiger partial charge in [0.05, 0.1) is 12.2 Å². The van der Waals surface area contributed by atoms with E-state index in [1.807, 2.05) is 6.92 Å². The van der Waals surface area contributed by atoms with E-state index in [9.17, 15) is 5.11 Å². The molecule has 2 heterocycles. The molecule has 2 rings (SSSR count). The molecule has 11 heavy (non-hydrogen) atoms. The number of fused-ring (bicyclic) bond motifs is 1. The van der Waals surface area contributed by atoms with Gasteiger partial charge in [0.15, 0.2) is 6.29 Å². The molecule has 0 radical (unpaired) electrons. The molecule has 0 spiro atoms. The van der Waals surface area contributed by atoms with Crippen LogP contribution in [0.5, 0.6) is 0 Å². The summed E-state index contributed by atoms with van der Waals surface area (Å²) in [4.78, 5) is 0. The van der Waals surface area contributed by atoms with E-state index in [-0.39, 0.29) is 24.4 Å². The van der Waals surface area contributed by atoms with Crippen LogP contribution in [0.3, 0.4) is 0 Å². The van der Waals surface area contributed by atoms with Gasteiger partial charge in [0.1, 0.15) is 0 Å². The molecule has 0 aliphatic carbocycles. The normalized spacial score (nSPS) is 50.7. The molecule has 2 aliphatic heterocycles. The van der Waals surface area contributed by atoms with Gasteiger partial charge in [0, 0.05) is 12.5 Å². The Labute approximate surface area is 66.3 Å². The van der Waals surface area contributed by atoms with Crippen molar-refractivity contribution in [2.45, 2.75) is 38.3 Å². The third kappa shape index (κ3) is 1.17. The maximum Gasteiger partial charge on any atom is 0.163 e. The summed E-state index contributed by atoms with van der Waals surface area (Å²) in [5, 5.41) is 9.59. The maximum atomic E-state index is 9.59. The van der Waals surface area contributed by atoms with Crippen LogP contribution < -0.4 is 0 Å². The largest absolute Gasteiger partial charge is 0.390 e. The van der Waals surface area contributed by atoms with E-state index in [0.29, 0.717) is 0 Å². The van der Waals surface area contributed by atoms with Crippen molar-refractivity contribution in [1.82, 2.24) is 0 Å². The van der Waals surface area contributed by atoms with Gasteiger partial charge in [-0.15, -0.1) is 0 Å². The van der Waals surface area contributed by atoms with Gasteiger partial charge in [0.25, 0.3) is 0 Å². The van der Waals surface area contributed by atoms with E-state index in [4.69, 9.17) is 9.47 Å². The molecule has 3 nitrogen and oxygen atoms in total. The molecule has 3 heteroatoms. The lowest BCUT2D eigenvalue weighted by molar-refractivity contribution is -0.164. The molecule has 0 aromatic carbocycles. The molecular weight excluding hydrogens is 144 g/mol. The van der Waals surface area contributed by atoms with Crippen molar-refractivity contribution in [2.24, 2.45) is 5.92 Å². The zero-order valence-electron chi connectivity index (χ0n) is 6.69. The van der Waals surface area contributed by atoms with Gasteiger partial charge in [-0.3, -0.25) is 0 Å². The second-order valence-electron chi connectivity index (χ2n) is 3.38. The molecule has 0 saturated carbocycles. The van der Waals surface area contributed by atoms with Gasteiger partial charge in [-0.25, -0.2) is 0 Å². The summed E-state index contributed by atoms with van der Waals surface area (Å²) < 4.78 is 10.8. The van der Waals surface area contributed by atoms with Crippen LogP contribution in [-0.4, -0.2) is 30.2 Å². The minimum atomic E-state index is -0.319. The average Bonchev–Trinajstić information content (AvgIpc) is 2.30. The van der Waals surface area contributed by atoms with E-state index in [1.165, 1.54) is 0 Å². The van der Waals surface area contributed by atoms with Gasteiger partial charge >= 0.3 is 0 Å². The topological polar surface area (TPSA) is 38.7 Å². The van der Waals surface area contributed by atoms with Gasteiger partial charge < -0.3 is 14.6 Å². The van der Waals surface area contributed by atoms with Crippen molar-refractivity contribution in [3.8, 4) is 0 Å². The van der Waals surface area contributed by atoms with E-state index in [0.717, 1.165) is 19.4 Å². The third-order valence-electron chi connectivity index (χ3n) is 2.58. The van der Waals surface area contributed by atoms with Crippen molar-refractivity contribution in [1.29, 1.82) is 0 Å². The van der Waals surface area contributed by atoms with Crippen LogP contribution >= 0.6 is 0 Å². The van der Waals surface area contributed by atoms with Crippen LogP contribution in [0.15, 0.2) is 0 Å². The molecule has 64 valence electrons. The van der Waals surface area contributed by atoms with Crippen LogP contribution in [0.2, 0.25) is 0 Å². The fourth-order valence-electron chi connectivity index (χ4n) is 1.89. The molecule has 2 aliphatic rings. The lowest BCUT2D eigenvalue weighted by Crippen LogP contribution is -2.31. The first-order valence-electron chi connectivity index (χ1n) is 4.24. The van der Waals surface area contributed by atoms with Gasteiger partial charge in [-0.05, 0) is 19.8 Å². The highest BCUT2D eigenvalue weighted by atomic mass is 16.7. The van der Waals surface area contributed by atoms with Gasteiger partial charge in [-0.2, -0.15) is 0 Å². The minimum Gasteiger partial charge on any atom is -0.390 e. The summed E-state index contributed by atoms with van der Waals surface area (Å²) in [6, 6.07) is 0. The quantitative estimate of drug-likeness (QED) is 0.558.